The van der Waals surface area contributed by atoms with Gasteiger partial charge in [0.2, 0.25) is 0 Å². The Morgan fingerprint density at radius 1 is 1.47 bits per heavy atom. The molecular weight excluding hydrogens is 243 g/mol. The van der Waals surface area contributed by atoms with Gasteiger partial charge < -0.3 is 15.0 Å². The Labute approximate surface area is 114 Å². The van der Waals surface area contributed by atoms with Gasteiger partial charge in [0.05, 0.1) is 7.11 Å². The van der Waals surface area contributed by atoms with E-state index in [0.717, 1.165) is 31.7 Å². The number of nitrogens with zero attached hydrogens (tertiary/aromatic N) is 1. The Bertz CT molecular complexity index is 405. The van der Waals surface area contributed by atoms with E-state index in [0.29, 0.717) is 11.7 Å². The van der Waals surface area contributed by atoms with Crippen LogP contribution in [-0.4, -0.2) is 38.7 Å². The van der Waals surface area contributed by atoms with Crippen molar-refractivity contribution in [3.05, 3.63) is 29.6 Å². The van der Waals surface area contributed by atoms with E-state index in [4.69, 9.17) is 4.74 Å². The normalized spacial score (nSPS) is 19.7. The van der Waals surface area contributed by atoms with Crippen molar-refractivity contribution in [1.82, 2.24) is 10.2 Å². The molecule has 0 aliphatic carbocycles. The van der Waals surface area contributed by atoms with Crippen LogP contribution < -0.4 is 10.1 Å². The summed E-state index contributed by atoms with van der Waals surface area (Å²) in [5.74, 6) is 0.734. The molecule has 2 rings (SSSR count). The summed E-state index contributed by atoms with van der Waals surface area (Å²) in [5.41, 5.74) is 0.990. The molecule has 1 aromatic rings. The van der Waals surface area contributed by atoms with Gasteiger partial charge in [-0.15, -0.1) is 0 Å². The van der Waals surface area contributed by atoms with Gasteiger partial charge in [0.15, 0.2) is 11.6 Å². The molecule has 1 heterocycles. The first-order valence-electron chi connectivity index (χ1n) is 6.90. The number of rotatable bonds is 5. The fraction of sp³-hybridized carbons (Fsp3) is 0.600. The van der Waals surface area contributed by atoms with E-state index in [1.165, 1.54) is 20.0 Å². The van der Waals surface area contributed by atoms with Crippen molar-refractivity contribution < 1.29 is 9.13 Å². The Hall–Kier alpha value is -1.13. The molecule has 1 atom stereocenters. The maximum atomic E-state index is 13.6. The predicted molar refractivity (Wildman–Crippen MR) is 74.9 cm³/mol. The third kappa shape index (κ3) is 4.18. The lowest BCUT2D eigenvalue weighted by atomic mass is 9.99. The van der Waals surface area contributed by atoms with Gasteiger partial charge in [-0.2, -0.15) is 0 Å². The molecule has 0 spiro atoms. The lowest BCUT2D eigenvalue weighted by molar-refractivity contribution is 0.237. The smallest absolute Gasteiger partial charge is 0.165 e. The number of hydrogen-bond acceptors (Lipinski definition) is 3. The van der Waals surface area contributed by atoms with E-state index >= 15 is 0 Å². The average Bonchev–Trinajstić information content (AvgIpc) is 2.40. The molecule has 4 heteroatoms. The Morgan fingerprint density at radius 3 is 2.95 bits per heavy atom. The Balaban J connectivity index is 1.87. The van der Waals surface area contributed by atoms with Crippen LogP contribution in [0.4, 0.5) is 4.39 Å². The van der Waals surface area contributed by atoms with Crippen LogP contribution >= 0.6 is 0 Å². The number of nitrogens with one attached hydrogen (secondary N) is 1. The summed E-state index contributed by atoms with van der Waals surface area (Å²) < 4.78 is 18.5. The summed E-state index contributed by atoms with van der Waals surface area (Å²) in [4.78, 5) is 2.26. The molecule has 106 valence electrons. The summed E-state index contributed by atoms with van der Waals surface area (Å²) in [7, 11) is 3.58. The van der Waals surface area contributed by atoms with Crippen molar-refractivity contribution in [2.24, 2.45) is 5.92 Å². The quantitative estimate of drug-likeness (QED) is 0.885. The molecule has 0 radical (unpaired) electrons. The molecule has 1 N–H and O–H groups in total. The third-order valence-corrected chi connectivity index (χ3v) is 3.64. The first-order valence-corrected chi connectivity index (χ1v) is 6.90. The Morgan fingerprint density at radius 2 is 2.32 bits per heavy atom. The highest BCUT2D eigenvalue weighted by Crippen LogP contribution is 2.19. The molecule has 0 saturated carbocycles. The molecule has 1 fully saturated rings. The van der Waals surface area contributed by atoms with Gasteiger partial charge in [0.25, 0.3) is 0 Å². The zero-order valence-electron chi connectivity index (χ0n) is 11.8. The number of hydrogen-bond donors (Lipinski definition) is 1. The first-order chi connectivity index (χ1) is 9.19. The maximum absolute atomic E-state index is 13.6. The second-order valence-corrected chi connectivity index (χ2v) is 5.38. The number of ether oxygens (including phenoxy) is 1. The molecular formula is C15H23FN2O. The number of halogens is 1. The van der Waals surface area contributed by atoms with Gasteiger partial charge in [-0.3, -0.25) is 0 Å². The van der Waals surface area contributed by atoms with Crippen molar-refractivity contribution in [2.45, 2.75) is 19.4 Å². The van der Waals surface area contributed by atoms with Crippen molar-refractivity contribution in [1.29, 1.82) is 0 Å². The molecule has 0 amide bonds. The third-order valence-electron chi connectivity index (χ3n) is 3.64. The standard InChI is InChI=1S/C15H23FN2O/c1-18(11-13-4-3-7-17-9-13)10-12-5-6-15(19-2)14(16)8-12/h5-6,8,13,17H,3-4,7,9-11H2,1-2H3. The summed E-state index contributed by atoms with van der Waals surface area (Å²) in [6.45, 7) is 4.07. The molecule has 1 saturated heterocycles. The lowest BCUT2D eigenvalue weighted by Gasteiger charge is -2.27. The fourth-order valence-electron chi connectivity index (χ4n) is 2.71. The zero-order valence-corrected chi connectivity index (χ0v) is 11.8. The topological polar surface area (TPSA) is 24.5 Å². The average molecular weight is 266 g/mol. The highest BCUT2D eigenvalue weighted by Gasteiger charge is 2.15. The van der Waals surface area contributed by atoms with Crippen LogP contribution in [0.25, 0.3) is 0 Å². The van der Waals surface area contributed by atoms with E-state index in [2.05, 4.69) is 17.3 Å². The van der Waals surface area contributed by atoms with Gasteiger partial charge in [-0.05, 0) is 56.6 Å². The largest absolute Gasteiger partial charge is 0.494 e. The minimum Gasteiger partial charge on any atom is -0.494 e. The highest BCUT2D eigenvalue weighted by atomic mass is 19.1. The van der Waals surface area contributed by atoms with Crippen LogP contribution in [-0.2, 0) is 6.54 Å². The minimum atomic E-state index is -0.285. The minimum absolute atomic E-state index is 0.285. The second-order valence-electron chi connectivity index (χ2n) is 5.38. The highest BCUT2D eigenvalue weighted by molar-refractivity contribution is 5.29. The summed E-state index contributed by atoms with van der Waals surface area (Å²) >= 11 is 0. The van der Waals surface area contributed by atoms with Crippen molar-refractivity contribution >= 4 is 0 Å². The van der Waals surface area contributed by atoms with Crippen molar-refractivity contribution in [3.63, 3.8) is 0 Å². The SMILES string of the molecule is COc1ccc(CN(C)CC2CCCNC2)cc1F. The molecule has 1 aromatic carbocycles. The van der Waals surface area contributed by atoms with E-state index < -0.39 is 0 Å². The molecule has 1 aliphatic rings. The number of benzene rings is 1. The first kappa shape index (κ1) is 14.3. The summed E-state index contributed by atoms with van der Waals surface area (Å²) in [6, 6.07) is 5.19. The van der Waals surface area contributed by atoms with Crippen molar-refractivity contribution in [3.8, 4) is 5.75 Å². The van der Waals surface area contributed by atoms with Gasteiger partial charge >= 0.3 is 0 Å². The van der Waals surface area contributed by atoms with Gasteiger partial charge in [0, 0.05) is 13.1 Å². The number of methoxy groups -OCH3 is 1. The van der Waals surface area contributed by atoms with E-state index in [1.807, 2.05) is 6.07 Å². The van der Waals surface area contributed by atoms with Gasteiger partial charge in [0.1, 0.15) is 0 Å². The lowest BCUT2D eigenvalue weighted by Crippen LogP contribution is -2.36. The maximum Gasteiger partial charge on any atom is 0.165 e. The van der Waals surface area contributed by atoms with Crippen LogP contribution in [0.15, 0.2) is 18.2 Å². The van der Waals surface area contributed by atoms with Crippen LogP contribution in [0.2, 0.25) is 0 Å². The van der Waals surface area contributed by atoms with Crippen LogP contribution in [0.1, 0.15) is 18.4 Å². The molecule has 3 nitrogen and oxygen atoms in total. The summed E-state index contributed by atoms with van der Waals surface area (Å²) in [6.07, 6.45) is 2.55. The van der Waals surface area contributed by atoms with Crippen LogP contribution in [0, 0.1) is 11.7 Å². The molecule has 1 aliphatic heterocycles. The van der Waals surface area contributed by atoms with Crippen molar-refractivity contribution in [2.75, 3.05) is 33.8 Å². The Kier molecular flexibility index (Phi) is 5.16. The second kappa shape index (κ2) is 6.87. The molecule has 0 aromatic heterocycles. The van der Waals surface area contributed by atoms with Gasteiger partial charge in [-0.1, -0.05) is 6.07 Å². The van der Waals surface area contributed by atoms with Gasteiger partial charge in [-0.25, -0.2) is 4.39 Å². The fourth-order valence-corrected chi connectivity index (χ4v) is 2.71. The molecule has 19 heavy (non-hydrogen) atoms. The van der Waals surface area contributed by atoms with E-state index in [-0.39, 0.29) is 5.82 Å². The van der Waals surface area contributed by atoms with E-state index in [9.17, 15) is 4.39 Å². The van der Waals surface area contributed by atoms with E-state index in [1.54, 1.807) is 12.1 Å². The predicted octanol–water partition coefficient (Wildman–Crippen LogP) is 2.27. The number of piperidine rings is 1. The monoisotopic (exact) mass is 266 g/mol. The van der Waals surface area contributed by atoms with Crippen LogP contribution in [0.5, 0.6) is 5.75 Å². The van der Waals surface area contributed by atoms with Crippen LogP contribution in [0.3, 0.4) is 0 Å². The molecule has 0 bridgehead atoms. The zero-order chi connectivity index (χ0) is 13.7. The molecule has 1 unspecified atom stereocenters. The summed E-state index contributed by atoms with van der Waals surface area (Å²) in [5, 5.41) is 3.43.